The minimum absolute atomic E-state index is 0.213. The van der Waals surface area contributed by atoms with Crippen LogP contribution < -0.4 is 5.73 Å². The second kappa shape index (κ2) is 6.05. The van der Waals surface area contributed by atoms with Crippen LogP contribution in [0.4, 0.5) is 0 Å². The lowest BCUT2D eigenvalue weighted by atomic mass is 9.93. The van der Waals surface area contributed by atoms with Crippen molar-refractivity contribution in [1.29, 1.82) is 0 Å². The average molecular weight is 290 g/mol. The third kappa shape index (κ3) is 3.11. The largest absolute Gasteiger partial charge is 0.469 e. The summed E-state index contributed by atoms with van der Waals surface area (Å²) in [6.07, 6.45) is 0.880. The van der Waals surface area contributed by atoms with E-state index in [1.54, 1.807) is 18.2 Å². The summed E-state index contributed by atoms with van der Waals surface area (Å²) in [5.74, 6) is -0.844. The maximum atomic E-state index is 12.1. The molecule has 1 heterocycles. The van der Waals surface area contributed by atoms with Gasteiger partial charge in [-0.25, -0.2) is 0 Å². The Labute approximate surface area is 122 Å². The number of fused-ring (bicyclic) bond motifs is 1. The first kappa shape index (κ1) is 15.2. The number of benzene rings is 1. The molecule has 0 spiro atoms. The van der Waals surface area contributed by atoms with Crippen LogP contribution in [0, 0.1) is 0 Å². The van der Waals surface area contributed by atoms with Gasteiger partial charge < -0.3 is 10.5 Å². The Hall–Kier alpha value is -2.21. The van der Waals surface area contributed by atoms with E-state index < -0.39 is 0 Å². The molecule has 0 saturated carbocycles. The van der Waals surface area contributed by atoms with Crippen LogP contribution in [0.1, 0.15) is 40.4 Å². The Morgan fingerprint density at radius 2 is 2.14 bits per heavy atom. The Morgan fingerprint density at radius 3 is 2.81 bits per heavy atom. The summed E-state index contributed by atoms with van der Waals surface area (Å²) in [4.78, 5) is 36.0. The van der Waals surface area contributed by atoms with Gasteiger partial charge >= 0.3 is 5.97 Å². The number of carbonyl (C=O) groups is 3. The molecule has 0 bridgehead atoms. The number of rotatable bonds is 4. The highest BCUT2D eigenvalue weighted by atomic mass is 16.5. The Balaban J connectivity index is 2.19. The predicted molar refractivity (Wildman–Crippen MR) is 75.4 cm³/mol. The molecule has 2 amide bonds. The molecule has 2 N–H and O–H groups in total. The minimum Gasteiger partial charge on any atom is -0.469 e. The molecule has 21 heavy (non-hydrogen) atoms. The van der Waals surface area contributed by atoms with E-state index in [-0.39, 0.29) is 36.7 Å². The summed E-state index contributed by atoms with van der Waals surface area (Å²) < 4.78 is 4.58. The molecule has 1 aromatic rings. The molecular weight excluding hydrogens is 272 g/mol. The molecule has 2 rings (SSSR count). The number of nitrogens with zero attached hydrogens (tertiary/aromatic N) is 1. The summed E-state index contributed by atoms with van der Waals surface area (Å²) >= 11 is 0. The van der Waals surface area contributed by atoms with Crippen LogP contribution in [0.15, 0.2) is 18.2 Å². The van der Waals surface area contributed by atoms with Gasteiger partial charge in [0.1, 0.15) is 0 Å². The van der Waals surface area contributed by atoms with Crippen LogP contribution in [-0.2, 0) is 20.7 Å². The van der Waals surface area contributed by atoms with E-state index in [9.17, 15) is 14.4 Å². The zero-order valence-corrected chi connectivity index (χ0v) is 12.1. The second-order valence-electron chi connectivity index (χ2n) is 5.07. The van der Waals surface area contributed by atoms with Crippen molar-refractivity contribution in [2.75, 3.05) is 14.2 Å². The van der Waals surface area contributed by atoms with Gasteiger partial charge in [-0.3, -0.25) is 19.3 Å². The summed E-state index contributed by atoms with van der Waals surface area (Å²) in [6.45, 7) is 0. The SMILES string of the molecule is COC(=O)CCC(N)c1ccc2c(c1)C(=O)N(C)C(=O)C2. The molecule has 6 nitrogen and oxygen atoms in total. The van der Waals surface area contributed by atoms with E-state index in [1.165, 1.54) is 14.2 Å². The van der Waals surface area contributed by atoms with Crippen LogP contribution in [-0.4, -0.2) is 36.8 Å². The van der Waals surface area contributed by atoms with Crippen LogP contribution >= 0.6 is 0 Å². The fourth-order valence-electron chi connectivity index (χ4n) is 2.30. The van der Waals surface area contributed by atoms with E-state index in [0.29, 0.717) is 17.5 Å². The van der Waals surface area contributed by atoms with Gasteiger partial charge in [0, 0.05) is 25.1 Å². The molecule has 1 unspecified atom stereocenters. The van der Waals surface area contributed by atoms with Gasteiger partial charge in [0.25, 0.3) is 5.91 Å². The van der Waals surface area contributed by atoms with E-state index in [4.69, 9.17) is 5.73 Å². The summed E-state index contributed by atoms with van der Waals surface area (Å²) in [5, 5.41) is 0. The smallest absolute Gasteiger partial charge is 0.305 e. The first-order valence-corrected chi connectivity index (χ1v) is 6.70. The van der Waals surface area contributed by atoms with Gasteiger partial charge in [-0.1, -0.05) is 12.1 Å². The number of nitrogens with two attached hydrogens (primary N) is 1. The number of carbonyl (C=O) groups excluding carboxylic acids is 3. The zero-order chi connectivity index (χ0) is 15.6. The van der Waals surface area contributed by atoms with E-state index in [2.05, 4.69) is 4.74 Å². The number of amides is 2. The normalized spacial score (nSPS) is 15.7. The standard InChI is InChI=1S/C15H18N2O4/c1-17-13(18)8-9-3-4-10(7-11(9)15(17)20)12(16)5-6-14(19)21-2/h3-4,7,12H,5-6,8,16H2,1-2H3. The van der Waals surface area contributed by atoms with Crippen molar-refractivity contribution < 1.29 is 19.1 Å². The van der Waals surface area contributed by atoms with Crippen molar-refractivity contribution >= 4 is 17.8 Å². The fourth-order valence-corrected chi connectivity index (χ4v) is 2.30. The van der Waals surface area contributed by atoms with E-state index in [0.717, 1.165) is 10.5 Å². The van der Waals surface area contributed by atoms with E-state index in [1.807, 2.05) is 0 Å². The molecule has 112 valence electrons. The van der Waals surface area contributed by atoms with Gasteiger partial charge in [-0.15, -0.1) is 0 Å². The van der Waals surface area contributed by atoms with E-state index >= 15 is 0 Å². The topological polar surface area (TPSA) is 89.7 Å². The van der Waals surface area contributed by atoms with Crippen molar-refractivity contribution in [2.24, 2.45) is 5.73 Å². The summed E-state index contributed by atoms with van der Waals surface area (Å²) in [5.41, 5.74) is 8.03. The van der Waals surface area contributed by atoms with Crippen molar-refractivity contribution in [1.82, 2.24) is 4.90 Å². The molecule has 1 aliphatic rings. The lowest BCUT2D eigenvalue weighted by molar-refractivity contribution is -0.140. The third-order valence-corrected chi connectivity index (χ3v) is 3.70. The van der Waals surface area contributed by atoms with Crippen molar-refractivity contribution in [2.45, 2.75) is 25.3 Å². The summed E-state index contributed by atoms with van der Waals surface area (Å²) in [7, 11) is 2.80. The molecule has 0 fully saturated rings. The fraction of sp³-hybridized carbons (Fsp3) is 0.400. The average Bonchev–Trinajstić information content (AvgIpc) is 2.49. The molecule has 0 radical (unpaired) electrons. The molecule has 0 aromatic heterocycles. The molecule has 1 aromatic carbocycles. The number of hydrogen-bond acceptors (Lipinski definition) is 5. The van der Waals surface area contributed by atoms with Gasteiger partial charge in [0.2, 0.25) is 5.91 Å². The van der Waals surface area contributed by atoms with Gasteiger partial charge in [0.15, 0.2) is 0 Å². The highest BCUT2D eigenvalue weighted by Gasteiger charge is 2.28. The molecule has 6 heteroatoms. The molecule has 1 atom stereocenters. The van der Waals surface area contributed by atoms with Crippen LogP contribution in [0.25, 0.3) is 0 Å². The monoisotopic (exact) mass is 290 g/mol. The molecule has 1 aliphatic heterocycles. The number of ether oxygens (including phenoxy) is 1. The van der Waals surface area contributed by atoms with Gasteiger partial charge in [-0.05, 0) is 23.6 Å². The molecule has 0 aliphatic carbocycles. The third-order valence-electron chi connectivity index (χ3n) is 3.70. The quantitative estimate of drug-likeness (QED) is 0.654. The first-order chi connectivity index (χ1) is 9.93. The molecule has 0 saturated heterocycles. The predicted octanol–water partition coefficient (Wildman–Crippen LogP) is 0.794. The van der Waals surface area contributed by atoms with Gasteiger partial charge in [-0.2, -0.15) is 0 Å². The maximum absolute atomic E-state index is 12.1. The Bertz CT molecular complexity index is 597. The van der Waals surface area contributed by atoms with Crippen molar-refractivity contribution in [3.63, 3.8) is 0 Å². The second-order valence-corrected chi connectivity index (χ2v) is 5.07. The highest BCUT2D eigenvalue weighted by molar-refractivity contribution is 6.09. The van der Waals surface area contributed by atoms with Crippen molar-refractivity contribution in [3.8, 4) is 0 Å². The summed E-state index contributed by atoms with van der Waals surface area (Å²) in [6, 6.07) is 4.91. The highest BCUT2D eigenvalue weighted by Crippen LogP contribution is 2.24. The van der Waals surface area contributed by atoms with Crippen LogP contribution in [0.3, 0.4) is 0 Å². The Morgan fingerprint density at radius 1 is 1.43 bits per heavy atom. The van der Waals surface area contributed by atoms with Gasteiger partial charge in [0.05, 0.1) is 13.5 Å². The Kier molecular flexibility index (Phi) is 4.37. The number of likely N-dealkylation sites (N-methyl/N-ethyl adjacent to an activating group) is 1. The molecular formula is C15H18N2O4. The number of imide groups is 1. The number of methoxy groups -OCH3 is 1. The van der Waals surface area contributed by atoms with Crippen LogP contribution in [0.5, 0.6) is 0 Å². The van der Waals surface area contributed by atoms with Crippen molar-refractivity contribution in [3.05, 3.63) is 34.9 Å². The minimum atomic E-state index is -0.356. The lowest BCUT2D eigenvalue weighted by Crippen LogP contribution is -2.39. The number of esters is 1. The van der Waals surface area contributed by atoms with Crippen LogP contribution in [0.2, 0.25) is 0 Å². The zero-order valence-electron chi connectivity index (χ0n) is 12.1. The maximum Gasteiger partial charge on any atom is 0.305 e. The first-order valence-electron chi connectivity index (χ1n) is 6.70. The number of hydrogen-bond donors (Lipinski definition) is 1. The lowest BCUT2D eigenvalue weighted by Gasteiger charge is -2.24.